The highest BCUT2D eigenvalue weighted by atomic mass is 79.9. The van der Waals surface area contributed by atoms with Crippen LogP contribution in [0.25, 0.3) is 39.1 Å². The molecular weight excluding hydrogens is 472 g/mol. The van der Waals surface area contributed by atoms with Crippen LogP contribution in [0.15, 0.2) is 71.9 Å². The van der Waals surface area contributed by atoms with Crippen LogP contribution in [0.4, 0.5) is 0 Å². The molecule has 33 heavy (non-hydrogen) atoms. The van der Waals surface area contributed by atoms with Crippen LogP contribution >= 0.6 is 15.9 Å². The summed E-state index contributed by atoms with van der Waals surface area (Å²) in [6.07, 6.45) is 9.86. The summed E-state index contributed by atoms with van der Waals surface area (Å²) in [4.78, 5) is 14.6. The van der Waals surface area contributed by atoms with Gasteiger partial charge in [-0.15, -0.1) is 0 Å². The first-order chi connectivity index (χ1) is 16.1. The molecule has 2 aromatic carbocycles. The van der Waals surface area contributed by atoms with Crippen LogP contribution in [0, 0.1) is 0 Å². The number of halogens is 1. The fourth-order valence-electron chi connectivity index (χ4n) is 4.69. The zero-order valence-electron chi connectivity index (χ0n) is 19.0. The molecule has 5 rings (SSSR count). The Hall–Kier alpha value is -2.89. The lowest BCUT2D eigenvalue weighted by atomic mass is 10.0. The average molecular weight is 501 g/mol. The molecule has 168 valence electrons. The molecule has 5 heteroatoms. The van der Waals surface area contributed by atoms with E-state index < -0.39 is 0 Å². The third kappa shape index (κ3) is 4.61. The predicted octanol–water partition coefficient (Wildman–Crippen LogP) is 7.56. The Bertz CT molecular complexity index is 1300. The Morgan fingerprint density at radius 1 is 1.12 bits per heavy atom. The van der Waals surface area contributed by atoms with E-state index in [2.05, 4.69) is 80.7 Å². The number of benzene rings is 2. The number of allylic oxidation sites excluding steroid dienone is 3. The number of aromatic nitrogens is 3. The molecule has 1 aliphatic heterocycles. The minimum Gasteiger partial charge on any atom is -0.360 e. The molecule has 2 aromatic heterocycles. The number of rotatable bonds is 6. The minimum absolute atomic E-state index is 0.860. The van der Waals surface area contributed by atoms with Gasteiger partial charge in [-0.05, 0) is 62.2 Å². The normalized spacial score (nSPS) is 15.3. The standard InChI is InChI=1S/C28H29BrN4/c1-3-7-19(2)26-27(21-10-8-20(9-11-21)18-33-14-5-4-6-15-33)32-28(31-26)24-17-30-25-13-12-22(29)16-23(24)25/h3,7-13,16-17,30H,1,4-6,14-15,18H2,2H3,(H,31,32)/b19-7+. The molecule has 0 unspecified atom stereocenters. The van der Waals surface area contributed by atoms with E-state index in [1.807, 2.05) is 24.4 Å². The Morgan fingerprint density at radius 2 is 1.91 bits per heavy atom. The quantitative estimate of drug-likeness (QED) is 0.268. The Kier molecular flexibility index (Phi) is 6.34. The molecule has 4 nitrogen and oxygen atoms in total. The van der Waals surface area contributed by atoms with Gasteiger partial charge in [0.25, 0.3) is 0 Å². The molecule has 1 saturated heterocycles. The average Bonchev–Trinajstić information content (AvgIpc) is 3.45. The molecule has 4 aromatic rings. The third-order valence-electron chi connectivity index (χ3n) is 6.44. The van der Waals surface area contributed by atoms with Crippen molar-refractivity contribution in [2.45, 2.75) is 32.7 Å². The van der Waals surface area contributed by atoms with Gasteiger partial charge >= 0.3 is 0 Å². The summed E-state index contributed by atoms with van der Waals surface area (Å²) in [7, 11) is 0. The van der Waals surface area contributed by atoms with E-state index in [1.165, 1.54) is 37.9 Å². The molecule has 0 bridgehead atoms. The SMILES string of the molecule is C=C/C=C(\C)c1nc(-c2c[nH]c3ccc(Br)cc23)[nH]c1-c1ccc(CN2CCCCC2)cc1. The molecule has 0 amide bonds. The van der Waals surface area contributed by atoms with Crippen LogP contribution in [-0.2, 0) is 6.54 Å². The van der Waals surface area contributed by atoms with Crippen molar-refractivity contribution in [3.05, 3.63) is 83.1 Å². The number of piperidine rings is 1. The van der Waals surface area contributed by atoms with E-state index in [0.717, 1.165) is 55.8 Å². The summed E-state index contributed by atoms with van der Waals surface area (Å²) in [5, 5.41) is 1.14. The largest absolute Gasteiger partial charge is 0.360 e. The molecule has 1 fully saturated rings. The lowest BCUT2D eigenvalue weighted by Gasteiger charge is -2.26. The van der Waals surface area contributed by atoms with Gasteiger partial charge in [-0.3, -0.25) is 4.90 Å². The summed E-state index contributed by atoms with van der Waals surface area (Å²) >= 11 is 3.60. The van der Waals surface area contributed by atoms with E-state index in [9.17, 15) is 0 Å². The van der Waals surface area contributed by atoms with Gasteiger partial charge in [0, 0.05) is 39.2 Å². The fraction of sp³-hybridized carbons (Fsp3) is 0.250. The molecule has 2 N–H and O–H groups in total. The molecule has 3 heterocycles. The van der Waals surface area contributed by atoms with Crippen molar-refractivity contribution < 1.29 is 0 Å². The molecule has 1 aliphatic rings. The Labute approximate surface area is 203 Å². The second-order valence-electron chi connectivity index (χ2n) is 8.82. The second-order valence-corrected chi connectivity index (χ2v) is 9.74. The first kappa shape index (κ1) is 21.9. The summed E-state index contributed by atoms with van der Waals surface area (Å²) in [6.45, 7) is 9.41. The Balaban J connectivity index is 1.52. The van der Waals surface area contributed by atoms with Crippen molar-refractivity contribution >= 4 is 32.4 Å². The fourth-order valence-corrected chi connectivity index (χ4v) is 5.05. The van der Waals surface area contributed by atoms with Crippen LogP contribution in [0.5, 0.6) is 0 Å². The van der Waals surface area contributed by atoms with Crippen LogP contribution in [0.1, 0.15) is 37.4 Å². The maximum absolute atomic E-state index is 5.03. The highest BCUT2D eigenvalue weighted by Crippen LogP contribution is 2.34. The molecule has 0 atom stereocenters. The minimum atomic E-state index is 0.860. The monoisotopic (exact) mass is 500 g/mol. The topological polar surface area (TPSA) is 47.7 Å². The third-order valence-corrected chi connectivity index (χ3v) is 6.93. The summed E-state index contributed by atoms with van der Waals surface area (Å²) in [5.74, 6) is 0.860. The number of hydrogen-bond acceptors (Lipinski definition) is 2. The van der Waals surface area contributed by atoms with E-state index >= 15 is 0 Å². The van der Waals surface area contributed by atoms with Crippen LogP contribution in [-0.4, -0.2) is 32.9 Å². The predicted molar refractivity (Wildman–Crippen MR) is 142 cm³/mol. The lowest BCUT2D eigenvalue weighted by Crippen LogP contribution is -2.28. The number of fused-ring (bicyclic) bond motifs is 1. The van der Waals surface area contributed by atoms with Gasteiger partial charge in [-0.1, -0.05) is 65.3 Å². The number of imidazole rings is 1. The second kappa shape index (κ2) is 9.54. The number of nitrogens with zero attached hydrogens (tertiary/aromatic N) is 2. The number of nitrogens with one attached hydrogen (secondary N) is 2. The number of likely N-dealkylation sites (tertiary alicyclic amines) is 1. The molecule has 0 saturated carbocycles. The number of hydrogen-bond donors (Lipinski definition) is 2. The van der Waals surface area contributed by atoms with Gasteiger partial charge in [0.2, 0.25) is 0 Å². The first-order valence-electron chi connectivity index (χ1n) is 11.6. The van der Waals surface area contributed by atoms with Gasteiger partial charge in [0.15, 0.2) is 0 Å². The van der Waals surface area contributed by atoms with E-state index in [-0.39, 0.29) is 0 Å². The van der Waals surface area contributed by atoms with Crippen molar-refractivity contribution in [3.63, 3.8) is 0 Å². The number of aromatic amines is 2. The molecular formula is C28H29BrN4. The van der Waals surface area contributed by atoms with Crippen molar-refractivity contribution in [1.82, 2.24) is 19.9 Å². The number of H-pyrrole nitrogens is 2. The van der Waals surface area contributed by atoms with Gasteiger partial charge in [-0.2, -0.15) is 0 Å². The highest BCUT2D eigenvalue weighted by molar-refractivity contribution is 9.10. The van der Waals surface area contributed by atoms with Gasteiger partial charge in [0.1, 0.15) is 5.82 Å². The van der Waals surface area contributed by atoms with Crippen LogP contribution < -0.4 is 0 Å². The van der Waals surface area contributed by atoms with E-state index in [0.29, 0.717) is 0 Å². The van der Waals surface area contributed by atoms with Crippen molar-refractivity contribution in [2.75, 3.05) is 13.1 Å². The smallest absolute Gasteiger partial charge is 0.140 e. The molecule has 0 aliphatic carbocycles. The summed E-state index contributed by atoms with van der Waals surface area (Å²) in [5.41, 5.74) is 7.74. The lowest BCUT2D eigenvalue weighted by molar-refractivity contribution is 0.221. The molecule has 0 spiro atoms. The first-order valence-corrected chi connectivity index (χ1v) is 12.4. The zero-order valence-corrected chi connectivity index (χ0v) is 20.6. The van der Waals surface area contributed by atoms with Crippen molar-refractivity contribution in [1.29, 1.82) is 0 Å². The highest BCUT2D eigenvalue weighted by Gasteiger charge is 2.18. The van der Waals surface area contributed by atoms with E-state index in [4.69, 9.17) is 4.98 Å². The van der Waals surface area contributed by atoms with Gasteiger partial charge < -0.3 is 9.97 Å². The van der Waals surface area contributed by atoms with E-state index in [1.54, 1.807) is 0 Å². The van der Waals surface area contributed by atoms with Gasteiger partial charge in [-0.25, -0.2) is 4.98 Å². The Morgan fingerprint density at radius 3 is 2.67 bits per heavy atom. The maximum Gasteiger partial charge on any atom is 0.140 e. The van der Waals surface area contributed by atoms with Gasteiger partial charge in [0.05, 0.1) is 11.4 Å². The summed E-state index contributed by atoms with van der Waals surface area (Å²) < 4.78 is 1.05. The summed E-state index contributed by atoms with van der Waals surface area (Å²) in [6, 6.07) is 15.2. The van der Waals surface area contributed by atoms with Crippen LogP contribution in [0.2, 0.25) is 0 Å². The molecule has 0 radical (unpaired) electrons. The van der Waals surface area contributed by atoms with Crippen molar-refractivity contribution in [3.8, 4) is 22.6 Å². The van der Waals surface area contributed by atoms with Crippen molar-refractivity contribution in [2.24, 2.45) is 0 Å². The zero-order chi connectivity index (χ0) is 22.8. The van der Waals surface area contributed by atoms with Crippen LogP contribution in [0.3, 0.4) is 0 Å². The maximum atomic E-state index is 5.03.